The van der Waals surface area contributed by atoms with Crippen molar-refractivity contribution < 1.29 is 23.1 Å². The van der Waals surface area contributed by atoms with Gasteiger partial charge in [0.05, 0.1) is 30.7 Å². The predicted octanol–water partition coefficient (Wildman–Crippen LogP) is 5.54. The molecule has 3 heterocycles. The molecule has 0 unspecified atom stereocenters. The van der Waals surface area contributed by atoms with Crippen molar-refractivity contribution in [2.24, 2.45) is 0 Å². The van der Waals surface area contributed by atoms with Gasteiger partial charge in [0.25, 0.3) is 5.91 Å². The topological polar surface area (TPSA) is 122 Å². The minimum Gasteiger partial charge on any atom is -0.464 e. The van der Waals surface area contributed by atoms with Crippen molar-refractivity contribution in [1.29, 1.82) is 0 Å². The number of carbonyl (C=O) groups is 2. The molecule has 0 saturated carbocycles. The third kappa shape index (κ3) is 5.63. The van der Waals surface area contributed by atoms with Crippen LogP contribution in [0.2, 0.25) is 0 Å². The lowest BCUT2D eigenvalue weighted by atomic mass is 10.1. The summed E-state index contributed by atoms with van der Waals surface area (Å²) < 4.78 is 26.4. The van der Waals surface area contributed by atoms with Gasteiger partial charge in [0.1, 0.15) is 17.4 Å². The molecule has 11 heteroatoms. The van der Waals surface area contributed by atoms with Gasteiger partial charge >= 0.3 is 6.03 Å². The number of furan rings is 1. The van der Waals surface area contributed by atoms with Gasteiger partial charge in [-0.05, 0) is 66.7 Å². The maximum absolute atomic E-state index is 15.3. The Bertz CT molecular complexity index is 1750. The zero-order valence-corrected chi connectivity index (χ0v) is 22.7. The predicted molar refractivity (Wildman–Crippen MR) is 158 cm³/mol. The maximum Gasteiger partial charge on any atom is 0.323 e. The van der Waals surface area contributed by atoms with Crippen LogP contribution in [0.25, 0.3) is 33.6 Å². The number of morpholine rings is 1. The van der Waals surface area contributed by atoms with E-state index in [0.29, 0.717) is 60.2 Å². The maximum atomic E-state index is 15.3. The van der Waals surface area contributed by atoms with E-state index in [2.05, 4.69) is 20.9 Å². The molecule has 1 fully saturated rings. The molecular weight excluding hydrogens is 539 g/mol. The molecule has 5 aromatic rings. The van der Waals surface area contributed by atoms with Crippen LogP contribution in [-0.2, 0) is 4.74 Å². The van der Waals surface area contributed by atoms with Gasteiger partial charge in [0.15, 0.2) is 5.82 Å². The number of fused-ring (bicyclic) bond motifs is 1. The fourth-order valence-electron chi connectivity index (χ4n) is 4.74. The highest BCUT2D eigenvalue weighted by Crippen LogP contribution is 2.32. The van der Waals surface area contributed by atoms with Crippen LogP contribution in [0.4, 0.5) is 26.4 Å². The van der Waals surface area contributed by atoms with Gasteiger partial charge in [-0.15, -0.1) is 0 Å². The fraction of sp³-hybridized carbons (Fsp3) is 0.161. The Morgan fingerprint density at radius 1 is 0.905 bits per heavy atom. The van der Waals surface area contributed by atoms with Crippen molar-refractivity contribution in [1.82, 2.24) is 15.3 Å². The van der Waals surface area contributed by atoms with E-state index in [1.807, 2.05) is 30.3 Å². The van der Waals surface area contributed by atoms with Crippen LogP contribution in [0.5, 0.6) is 0 Å². The molecule has 0 spiro atoms. The molecule has 10 nitrogen and oxygen atoms in total. The van der Waals surface area contributed by atoms with Crippen LogP contribution in [-0.4, -0.2) is 55.3 Å². The minimum absolute atomic E-state index is 0.00692. The van der Waals surface area contributed by atoms with Gasteiger partial charge in [-0.25, -0.2) is 19.2 Å². The molecule has 0 atom stereocenters. The average molecular weight is 567 g/mol. The number of nitrogens with zero attached hydrogens (tertiary/aromatic N) is 3. The zero-order valence-electron chi connectivity index (χ0n) is 22.7. The lowest BCUT2D eigenvalue weighted by molar-refractivity contribution is 0.0963. The monoisotopic (exact) mass is 566 g/mol. The summed E-state index contributed by atoms with van der Waals surface area (Å²) in [5.74, 6) is 0.935. The van der Waals surface area contributed by atoms with Crippen molar-refractivity contribution in [2.75, 3.05) is 48.9 Å². The number of rotatable bonds is 6. The molecule has 3 aromatic carbocycles. The summed E-state index contributed by atoms with van der Waals surface area (Å²) >= 11 is 0. The quantitative estimate of drug-likeness (QED) is 0.247. The van der Waals surface area contributed by atoms with E-state index in [9.17, 15) is 9.59 Å². The smallest absolute Gasteiger partial charge is 0.323 e. The normalized spacial score (nSPS) is 13.1. The molecular formula is C31H27FN6O4. The summed E-state index contributed by atoms with van der Waals surface area (Å²) in [6, 6.07) is 19.7. The van der Waals surface area contributed by atoms with Crippen LogP contribution in [0.15, 0.2) is 83.5 Å². The summed E-state index contributed by atoms with van der Waals surface area (Å²) in [5, 5.41) is 8.56. The highest BCUT2D eigenvalue weighted by atomic mass is 19.1. The molecule has 42 heavy (non-hydrogen) atoms. The van der Waals surface area contributed by atoms with Crippen molar-refractivity contribution in [3.05, 3.63) is 90.4 Å². The van der Waals surface area contributed by atoms with Gasteiger partial charge in [0.2, 0.25) is 0 Å². The Kier molecular flexibility index (Phi) is 7.48. The highest BCUT2D eigenvalue weighted by molar-refractivity contribution is 6.01. The lowest BCUT2D eigenvalue weighted by Crippen LogP contribution is -2.37. The van der Waals surface area contributed by atoms with Gasteiger partial charge in [-0.3, -0.25) is 4.79 Å². The Labute approximate surface area is 240 Å². The van der Waals surface area contributed by atoms with Crippen molar-refractivity contribution in [2.45, 2.75) is 0 Å². The number of aromatic nitrogens is 2. The number of amides is 3. The highest BCUT2D eigenvalue weighted by Gasteiger charge is 2.20. The van der Waals surface area contributed by atoms with E-state index in [4.69, 9.17) is 19.1 Å². The molecule has 2 aromatic heterocycles. The first kappa shape index (κ1) is 26.9. The second-order valence-corrected chi connectivity index (χ2v) is 9.61. The number of ether oxygens (including phenoxy) is 1. The van der Waals surface area contributed by atoms with E-state index in [1.54, 1.807) is 36.6 Å². The summed E-state index contributed by atoms with van der Waals surface area (Å²) in [4.78, 5) is 36.0. The third-order valence-electron chi connectivity index (χ3n) is 6.90. The molecule has 0 bridgehead atoms. The summed E-state index contributed by atoms with van der Waals surface area (Å²) in [5.41, 5.74) is 2.92. The standard InChI is InChI=1S/C31H27FN6O4/c1-33-30(39)19-4-8-22(9-5-19)34-31(40)36-25-11-7-21(17-24(25)32)28-35-26-18-20(27-3-2-14-42-27)6-10-23(26)29(37-28)38-12-15-41-16-13-38/h2-11,14,17-18H,12-13,15-16H2,1H3,(H,33,39)(H2,34,36,40). The molecule has 1 aliphatic heterocycles. The molecule has 3 amide bonds. The number of benzene rings is 3. The van der Waals surface area contributed by atoms with Crippen LogP contribution in [0.3, 0.4) is 0 Å². The van der Waals surface area contributed by atoms with Gasteiger partial charge in [-0.2, -0.15) is 0 Å². The molecule has 6 rings (SSSR count). The van der Waals surface area contributed by atoms with Crippen molar-refractivity contribution in [3.63, 3.8) is 0 Å². The number of urea groups is 1. The van der Waals surface area contributed by atoms with Crippen LogP contribution >= 0.6 is 0 Å². The number of carbonyl (C=O) groups excluding carboxylic acids is 2. The Hall–Kier alpha value is -5.29. The molecule has 212 valence electrons. The Morgan fingerprint density at radius 2 is 1.69 bits per heavy atom. The molecule has 1 saturated heterocycles. The number of nitrogens with one attached hydrogen (secondary N) is 3. The second kappa shape index (κ2) is 11.7. The molecule has 1 aliphatic rings. The first-order chi connectivity index (χ1) is 20.5. The fourth-order valence-corrected chi connectivity index (χ4v) is 4.74. The van der Waals surface area contributed by atoms with Crippen molar-refractivity contribution >= 4 is 40.0 Å². The number of hydrogen-bond donors (Lipinski definition) is 3. The average Bonchev–Trinajstić information content (AvgIpc) is 3.57. The van der Waals surface area contributed by atoms with Crippen LogP contribution in [0.1, 0.15) is 10.4 Å². The third-order valence-corrected chi connectivity index (χ3v) is 6.90. The van der Waals surface area contributed by atoms with Crippen molar-refractivity contribution in [3.8, 4) is 22.7 Å². The zero-order chi connectivity index (χ0) is 29.1. The Morgan fingerprint density at radius 3 is 2.40 bits per heavy atom. The summed E-state index contributed by atoms with van der Waals surface area (Å²) in [6.45, 7) is 2.51. The number of anilines is 3. The lowest BCUT2D eigenvalue weighted by Gasteiger charge is -2.29. The van der Waals surface area contributed by atoms with E-state index in [-0.39, 0.29) is 11.6 Å². The Balaban J connectivity index is 1.27. The second-order valence-electron chi connectivity index (χ2n) is 9.61. The van der Waals surface area contributed by atoms with Gasteiger partial charge in [0, 0.05) is 47.9 Å². The molecule has 3 N–H and O–H groups in total. The minimum atomic E-state index is -0.640. The summed E-state index contributed by atoms with van der Waals surface area (Å²) in [7, 11) is 1.54. The first-order valence-electron chi connectivity index (χ1n) is 13.4. The van der Waals surface area contributed by atoms with E-state index < -0.39 is 11.8 Å². The number of hydrogen-bond acceptors (Lipinski definition) is 7. The SMILES string of the molecule is CNC(=O)c1ccc(NC(=O)Nc2ccc(-c3nc(N4CCOCC4)c4ccc(-c5ccco5)cc4n3)cc2F)cc1. The van der Waals surface area contributed by atoms with Gasteiger partial charge in [-0.1, -0.05) is 6.07 Å². The number of halogens is 1. The molecule has 0 aliphatic carbocycles. The van der Waals surface area contributed by atoms with E-state index in [0.717, 1.165) is 16.8 Å². The summed E-state index contributed by atoms with van der Waals surface area (Å²) in [6.07, 6.45) is 1.62. The van der Waals surface area contributed by atoms with E-state index >= 15 is 4.39 Å². The van der Waals surface area contributed by atoms with Gasteiger partial charge < -0.3 is 30.0 Å². The van der Waals surface area contributed by atoms with E-state index in [1.165, 1.54) is 19.2 Å². The van der Waals surface area contributed by atoms with Crippen LogP contribution in [0, 0.1) is 5.82 Å². The largest absolute Gasteiger partial charge is 0.464 e. The molecule has 0 radical (unpaired) electrons. The van der Waals surface area contributed by atoms with Crippen LogP contribution < -0.4 is 20.9 Å². The first-order valence-corrected chi connectivity index (χ1v) is 13.4.